The molecule has 1 aliphatic rings. The van der Waals surface area contributed by atoms with Crippen LogP contribution in [0.25, 0.3) is 0 Å². The summed E-state index contributed by atoms with van der Waals surface area (Å²) in [6.07, 6.45) is 1.33. The average molecular weight is 367 g/mol. The lowest BCUT2D eigenvalue weighted by molar-refractivity contribution is -0.136. The summed E-state index contributed by atoms with van der Waals surface area (Å²) in [5.74, 6) is -0.546. The monoisotopic (exact) mass is 365 g/mol. The lowest BCUT2D eigenvalue weighted by Crippen LogP contribution is -2.48. The van der Waals surface area contributed by atoms with Crippen molar-refractivity contribution in [2.75, 3.05) is 18.4 Å². The fraction of sp³-hybridized carbons (Fsp3) is 0.429. The Kier molecular flexibility index (Phi) is 6.50. The summed E-state index contributed by atoms with van der Waals surface area (Å²) >= 11 is 12.0. The third-order valence-corrected chi connectivity index (χ3v) is 4.08. The molecule has 22 heavy (non-hydrogen) atoms. The van der Waals surface area contributed by atoms with Crippen LogP contribution in [0.2, 0.25) is 10.0 Å². The fourth-order valence-corrected chi connectivity index (χ4v) is 2.45. The number of carbonyl (C=O) groups is 2. The molecule has 0 aliphatic heterocycles. The topological polar surface area (TPSA) is 75.4 Å². The van der Waals surface area contributed by atoms with Crippen LogP contribution in [0.3, 0.4) is 0 Å². The number of hydrogen-bond donors (Lipinski definition) is 2. The van der Waals surface area contributed by atoms with Crippen LogP contribution in [0.1, 0.15) is 19.8 Å². The number of likely N-dealkylation sites (N-methyl/N-ethyl adjacent to an activating group) is 1. The first-order valence-electron chi connectivity index (χ1n) is 6.69. The van der Waals surface area contributed by atoms with Crippen molar-refractivity contribution in [2.45, 2.75) is 25.3 Å². The van der Waals surface area contributed by atoms with Gasteiger partial charge in [-0.2, -0.15) is 0 Å². The lowest BCUT2D eigenvalue weighted by atomic mass is 10.2. The van der Waals surface area contributed by atoms with E-state index >= 15 is 0 Å². The van der Waals surface area contributed by atoms with Crippen LogP contribution >= 0.6 is 35.6 Å². The van der Waals surface area contributed by atoms with Crippen LogP contribution in [-0.4, -0.2) is 35.3 Å². The van der Waals surface area contributed by atoms with Gasteiger partial charge in [0.15, 0.2) is 0 Å². The fourth-order valence-electron chi connectivity index (χ4n) is 1.96. The highest BCUT2D eigenvalue weighted by molar-refractivity contribution is 6.39. The Morgan fingerprint density at radius 1 is 1.32 bits per heavy atom. The molecular formula is C14H18Cl3N3O2. The Labute approximate surface area is 145 Å². The highest BCUT2D eigenvalue weighted by Gasteiger charge is 2.48. The summed E-state index contributed by atoms with van der Waals surface area (Å²) in [5, 5.41) is 3.33. The molecule has 2 amide bonds. The van der Waals surface area contributed by atoms with Crippen LogP contribution in [0.5, 0.6) is 0 Å². The molecule has 0 bridgehead atoms. The molecule has 1 aromatic rings. The van der Waals surface area contributed by atoms with E-state index in [4.69, 9.17) is 28.9 Å². The Bertz CT molecular complexity index is 556. The third-order valence-electron chi connectivity index (χ3n) is 3.45. The van der Waals surface area contributed by atoms with Crippen LogP contribution in [0, 0.1) is 0 Å². The molecule has 0 radical (unpaired) electrons. The number of halogens is 3. The van der Waals surface area contributed by atoms with Gasteiger partial charge in [0, 0.05) is 6.54 Å². The van der Waals surface area contributed by atoms with Gasteiger partial charge in [0.1, 0.15) is 0 Å². The van der Waals surface area contributed by atoms with Gasteiger partial charge in [-0.1, -0.05) is 29.3 Å². The van der Waals surface area contributed by atoms with Crippen molar-refractivity contribution in [2.24, 2.45) is 5.73 Å². The summed E-state index contributed by atoms with van der Waals surface area (Å²) in [6.45, 7) is 2.15. The van der Waals surface area contributed by atoms with Crippen LogP contribution in [0.15, 0.2) is 18.2 Å². The van der Waals surface area contributed by atoms with Gasteiger partial charge in [-0.15, -0.1) is 12.4 Å². The minimum absolute atomic E-state index is 0. The van der Waals surface area contributed by atoms with Crippen molar-refractivity contribution >= 4 is 53.1 Å². The second kappa shape index (κ2) is 7.51. The lowest BCUT2D eigenvalue weighted by Gasteiger charge is -2.23. The number of rotatable bonds is 5. The van der Waals surface area contributed by atoms with E-state index < -0.39 is 5.54 Å². The summed E-state index contributed by atoms with van der Waals surface area (Å²) in [6, 6.07) is 4.95. The Hall–Kier alpha value is -1.01. The highest BCUT2D eigenvalue weighted by Crippen LogP contribution is 2.34. The van der Waals surface area contributed by atoms with E-state index in [2.05, 4.69) is 5.32 Å². The van der Waals surface area contributed by atoms with Crippen LogP contribution in [0.4, 0.5) is 5.69 Å². The van der Waals surface area contributed by atoms with Crippen molar-refractivity contribution in [3.63, 3.8) is 0 Å². The molecule has 0 aromatic heterocycles. The summed E-state index contributed by atoms with van der Waals surface area (Å²) < 4.78 is 0. The van der Waals surface area contributed by atoms with Gasteiger partial charge < -0.3 is 16.0 Å². The van der Waals surface area contributed by atoms with Crippen LogP contribution in [-0.2, 0) is 9.59 Å². The molecule has 2 rings (SSSR count). The largest absolute Gasteiger partial charge is 0.332 e. The number of amides is 2. The zero-order valence-corrected chi connectivity index (χ0v) is 14.4. The molecule has 0 atom stereocenters. The summed E-state index contributed by atoms with van der Waals surface area (Å²) in [4.78, 5) is 25.7. The molecule has 1 saturated carbocycles. The maximum Gasteiger partial charge on any atom is 0.244 e. The SMILES string of the molecule is CCN(CC(=O)Nc1c(Cl)cccc1Cl)C(=O)C1(N)CC1.Cl. The number of benzene rings is 1. The maximum atomic E-state index is 12.1. The van der Waals surface area contributed by atoms with Gasteiger partial charge in [-0.05, 0) is 31.9 Å². The molecule has 0 spiro atoms. The Balaban J connectivity index is 0.00000242. The van der Waals surface area contributed by atoms with Crippen LogP contribution < -0.4 is 11.1 Å². The standard InChI is InChI=1S/C14H17Cl2N3O2.ClH/c1-2-19(13(21)14(17)6-7-14)8-11(20)18-12-9(15)4-3-5-10(12)16;/h3-5H,2,6-8,17H2,1H3,(H,18,20);1H. The second-order valence-electron chi connectivity index (χ2n) is 5.12. The average Bonchev–Trinajstić information content (AvgIpc) is 3.19. The molecule has 0 heterocycles. The smallest absolute Gasteiger partial charge is 0.244 e. The minimum Gasteiger partial charge on any atom is -0.332 e. The van der Waals surface area contributed by atoms with E-state index in [1.165, 1.54) is 4.90 Å². The van der Waals surface area contributed by atoms with Crippen molar-refractivity contribution in [3.8, 4) is 0 Å². The number of para-hydroxylation sites is 1. The number of anilines is 1. The first kappa shape index (κ1) is 19.0. The Morgan fingerprint density at radius 2 is 1.86 bits per heavy atom. The predicted octanol–water partition coefficient (Wildman–Crippen LogP) is 2.69. The van der Waals surface area contributed by atoms with Crippen molar-refractivity contribution in [3.05, 3.63) is 28.2 Å². The number of nitrogens with two attached hydrogens (primary N) is 1. The number of hydrogen-bond acceptors (Lipinski definition) is 3. The zero-order valence-electron chi connectivity index (χ0n) is 12.1. The molecule has 122 valence electrons. The number of nitrogens with zero attached hydrogens (tertiary/aromatic N) is 1. The van der Waals surface area contributed by atoms with E-state index in [0.29, 0.717) is 35.1 Å². The van der Waals surface area contributed by atoms with E-state index in [1.807, 2.05) is 0 Å². The van der Waals surface area contributed by atoms with E-state index in [9.17, 15) is 9.59 Å². The van der Waals surface area contributed by atoms with Gasteiger partial charge in [0.25, 0.3) is 0 Å². The van der Waals surface area contributed by atoms with Gasteiger partial charge in [-0.3, -0.25) is 9.59 Å². The van der Waals surface area contributed by atoms with E-state index in [1.54, 1.807) is 25.1 Å². The molecule has 1 aliphatic carbocycles. The molecule has 0 unspecified atom stereocenters. The molecule has 1 aromatic carbocycles. The minimum atomic E-state index is -0.779. The highest BCUT2D eigenvalue weighted by atomic mass is 35.5. The maximum absolute atomic E-state index is 12.1. The molecule has 5 nitrogen and oxygen atoms in total. The number of nitrogens with one attached hydrogen (secondary N) is 1. The molecule has 3 N–H and O–H groups in total. The first-order valence-corrected chi connectivity index (χ1v) is 7.45. The van der Waals surface area contributed by atoms with E-state index in [0.717, 1.165) is 0 Å². The third kappa shape index (κ3) is 4.26. The Morgan fingerprint density at radius 3 is 2.32 bits per heavy atom. The van der Waals surface area contributed by atoms with Gasteiger partial charge in [-0.25, -0.2) is 0 Å². The molecule has 0 saturated heterocycles. The van der Waals surface area contributed by atoms with Gasteiger partial charge >= 0.3 is 0 Å². The first-order chi connectivity index (χ1) is 9.87. The van der Waals surface area contributed by atoms with Crippen molar-refractivity contribution in [1.82, 2.24) is 4.90 Å². The normalized spacial score (nSPS) is 14.7. The van der Waals surface area contributed by atoms with E-state index in [-0.39, 0.29) is 30.8 Å². The zero-order chi connectivity index (χ0) is 15.6. The number of carbonyl (C=O) groups excluding carboxylic acids is 2. The quantitative estimate of drug-likeness (QED) is 0.841. The molecule has 1 fully saturated rings. The summed E-state index contributed by atoms with van der Waals surface area (Å²) in [7, 11) is 0. The second-order valence-corrected chi connectivity index (χ2v) is 5.93. The van der Waals surface area contributed by atoms with Crippen molar-refractivity contribution < 1.29 is 9.59 Å². The van der Waals surface area contributed by atoms with Crippen molar-refractivity contribution in [1.29, 1.82) is 0 Å². The molecule has 8 heteroatoms. The molecular weight excluding hydrogens is 349 g/mol. The van der Waals surface area contributed by atoms with Gasteiger partial charge in [0.05, 0.1) is 27.8 Å². The van der Waals surface area contributed by atoms with Gasteiger partial charge in [0.2, 0.25) is 11.8 Å². The summed E-state index contributed by atoms with van der Waals surface area (Å²) in [5.41, 5.74) is 5.45. The predicted molar refractivity (Wildman–Crippen MR) is 90.7 cm³/mol.